The summed E-state index contributed by atoms with van der Waals surface area (Å²) in [7, 11) is 3.14. The molecule has 34 heavy (non-hydrogen) atoms. The number of likely N-dealkylation sites (tertiary alicyclic amines) is 1. The number of aromatic nitrogens is 1. The minimum absolute atomic E-state index is 0.151. The molecule has 0 spiro atoms. The summed E-state index contributed by atoms with van der Waals surface area (Å²) >= 11 is 6.10. The molecule has 0 aliphatic carbocycles. The highest BCUT2D eigenvalue weighted by Crippen LogP contribution is 2.42. The Bertz CT molecular complexity index is 1170. The van der Waals surface area contributed by atoms with Crippen LogP contribution in [-0.2, 0) is 11.3 Å². The van der Waals surface area contributed by atoms with Crippen LogP contribution in [0.4, 0.5) is 0 Å². The first-order valence-corrected chi connectivity index (χ1v) is 11.3. The largest absolute Gasteiger partial charge is 0.493 e. The Morgan fingerprint density at radius 2 is 1.88 bits per heavy atom. The molecule has 1 fully saturated rings. The molecule has 3 aromatic rings. The lowest BCUT2D eigenvalue weighted by Gasteiger charge is -2.21. The van der Waals surface area contributed by atoms with E-state index in [1.54, 1.807) is 49.6 Å². The van der Waals surface area contributed by atoms with Gasteiger partial charge in [0.05, 0.1) is 32.4 Å². The van der Waals surface area contributed by atoms with E-state index in [-0.39, 0.29) is 24.3 Å². The number of rotatable bonds is 7. The maximum Gasteiger partial charge on any atom is 0.253 e. The Balaban J connectivity index is 1.63. The lowest BCUT2D eigenvalue weighted by molar-refractivity contribution is -0.125. The Hall–Kier alpha value is -3.58. The molecule has 7 nitrogen and oxygen atoms in total. The quantitative estimate of drug-likeness (QED) is 0.555. The Labute approximate surface area is 203 Å². The van der Waals surface area contributed by atoms with E-state index in [1.165, 1.54) is 0 Å². The SMILES string of the molecule is COc1cccc(C2CN(C(=O)c3cccc(Cl)c3)CC2C(=O)NCc2ccccn2)c1OC. The number of hydrogen-bond donors (Lipinski definition) is 1. The fourth-order valence-corrected chi connectivity index (χ4v) is 4.56. The van der Waals surface area contributed by atoms with Crippen LogP contribution in [0.5, 0.6) is 11.5 Å². The smallest absolute Gasteiger partial charge is 0.253 e. The van der Waals surface area contributed by atoms with Crippen molar-refractivity contribution in [3.8, 4) is 11.5 Å². The Kier molecular flexibility index (Phi) is 7.33. The van der Waals surface area contributed by atoms with Gasteiger partial charge in [0.1, 0.15) is 0 Å². The topological polar surface area (TPSA) is 80.8 Å². The van der Waals surface area contributed by atoms with Crippen LogP contribution in [0.1, 0.15) is 27.5 Å². The number of nitrogens with one attached hydrogen (secondary N) is 1. The lowest BCUT2D eigenvalue weighted by Crippen LogP contribution is -2.35. The summed E-state index contributed by atoms with van der Waals surface area (Å²) in [4.78, 5) is 32.6. The minimum atomic E-state index is -0.479. The molecule has 1 aliphatic rings. The molecule has 4 rings (SSSR count). The van der Waals surface area contributed by atoms with Crippen molar-refractivity contribution in [2.75, 3.05) is 27.3 Å². The molecule has 0 bridgehead atoms. The number of carbonyl (C=O) groups is 2. The zero-order valence-corrected chi connectivity index (χ0v) is 19.8. The predicted octanol–water partition coefficient (Wildman–Crippen LogP) is 3.92. The van der Waals surface area contributed by atoms with Crippen molar-refractivity contribution in [3.63, 3.8) is 0 Å². The summed E-state index contributed by atoms with van der Waals surface area (Å²) in [6, 6.07) is 18.0. The van der Waals surface area contributed by atoms with Gasteiger partial charge in [-0.25, -0.2) is 0 Å². The van der Waals surface area contributed by atoms with E-state index in [2.05, 4.69) is 10.3 Å². The highest BCUT2D eigenvalue weighted by Gasteiger charge is 2.42. The van der Waals surface area contributed by atoms with Gasteiger partial charge >= 0.3 is 0 Å². The molecule has 0 saturated carbocycles. The molecule has 2 amide bonds. The van der Waals surface area contributed by atoms with Gasteiger partial charge in [-0.1, -0.05) is 35.9 Å². The summed E-state index contributed by atoms with van der Waals surface area (Å²) in [6.07, 6.45) is 1.69. The van der Waals surface area contributed by atoms with E-state index in [9.17, 15) is 9.59 Å². The van der Waals surface area contributed by atoms with Crippen LogP contribution in [0.15, 0.2) is 66.9 Å². The Morgan fingerprint density at radius 3 is 2.59 bits per heavy atom. The molecule has 0 radical (unpaired) electrons. The first-order chi connectivity index (χ1) is 16.5. The van der Waals surface area contributed by atoms with Crippen LogP contribution < -0.4 is 14.8 Å². The zero-order valence-electron chi connectivity index (χ0n) is 19.0. The molecule has 1 saturated heterocycles. The van der Waals surface area contributed by atoms with Crippen molar-refractivity contribution < 1.29 is 19.1 Å². The number of para-hydroxylation sites is 1. The number of carbonyl (C=O) groups excluding carboxylic acids is 2. The number of benzene rings is 2. The number of ether oxygens (including phenoxy) is 2. The number of methoxy groups -OCH3 is 2. The molecule has 2 aromatic carbocycles. The standard InChI is InChI=1S/C26H26ClN3O4/c1-33-23-11-6-10-20(24(23)34-2)21-15-30(26(32)17-7-5-8-18(27)13-17)16-22(21)25(31)29-14-19-9-3-4-12-28-19/h3-13,21-22H,14-16H2,1-2H3,(H,29,31). The molecule has 1 aromatic heterocycles. The van der Waals surface area contributed by atoms with Crippen LogP contribution in [-0.4, -0.2) is 49.0 Å². The van der Waals surface area contributed by atoms with Crippen LogP contribution >= 0.6 is 11.6 Å². The number of hydrogen-bond acceptors (Lipinski definition) is 5. The van der Waals surface area contributed by atoms with Gasteiger partial charge in [-0.15, -0.1) is 0 Å². The number of nitrogens with zero attached hydrogens (tertiary/aromatic N) is 2. The van der Waals surface area contributed by atoms with Gasteiger partial charge < -0.3 is 19.7 Å². The molecule has 8 heteroatoms. The Morgan fingerprint density at radius 1 is 1.06 bits per heavy atom. The van der Waals surface area contributed by atoms with Gasteiger partial charge in [-0.3, -0.25) is 14.6 Å². The van der Waals surface area contributed by atoms with Crippen molar-refractivity contribution in [2.45, 2.75) is 12.5 Å². The maximum absolute atomic E-state index is 13.3. The van der Waals surface area contributed by atoms with Gasteiger partial charge in [0.2, 0.25) is 5.91 Å². The van der Waals surface area contributed by atoms with Gasteiger partial charge in [-0.2, -0.15) is 0 Å². The molecule has 1 N–H and O–H groups in total. The van der Waals surface area contributed by atoms with Crippen LogP contribution in [0.3, 0.4) is 0 Å². The van der Waals surface area contributed by atoms with Gasteiger partial charge in [0.25, 0.3) is 5.91 Å². The number of pyridine rings is 1. The summed E-state index contributed by atoms with van der Waals surface area (Å²) < 4.78 is 11.1. The highest BCUT2D eigenvalue weighted by atomic mass is 35.5. The predicted molar refractivity (Wildman–Crippen MR) is 129 cm³/mol. The van der Waals surface area contributed by atoms with Crippen LogP contribution in [0.25, 0.3) is 0 Å². The second-order valence-electron chi connectivity index (χ2n) is 8.06. The zero-order chi connectivity index (χ0) is 24.1. The summed E-state index contributed by atoms with van der Waals surface area (Å²) in [6.45, 7) is 0.932. The fourth-order valence-electron chi connectivity index (χ4n) is 4.37. The van der Waals surface area contributed by atoms with Gasteiger partial charge in [0, 0.05) is 41.4 Å². The van der Waals surface area contributed by atoms with E-state index < -0.39 is 5.92 Å². The van der Waals surface area contributed by atoms with E-state index >= 15 is 0 Å². The first kappa shape index (κ1) is 23.6. The molecule has 176 valence electrons. The van der Waals surface area contributed by atoms with Crippen LogP contribution in [0, 0.1) is 5.92 Å². The van der Waals surface area contributed by atoms with E-state index in [1.807, 2.05) is 36.4 Å². The summed E-state index contributed by atoms with van der Waals surface area (Å²) in [5.74, 6) is 0.0583. The van der Waals surface area contributed by atoms with Gasteiger partial charge in [0.15, 0.2) is 11.5 Å². The van der Waals surface area contributed by atoms with E-state index in [0.717, 1.165) is 11.3 Å². The second-order valence-corrected chi connectivity index (χ2v) is 8.49. The summed E-state index contributed by atoms with van der Waals surface area (Å²) in [5, 5.41) is 3.47. The first-order valence-electron chi connectivity index (χ1n) is 10.9. The molecular formula is C26H26ClN3O4. The van der Waals surface area contributed by atoms with Crippen molar-refractivity contribution in [1.29, 1.82) is 0 Å². The van der Waals surface area contributed by atoms with Crippen molar-refractivity contribution in [3.05, 3.63) is 88.7 Å². The third-order valence-electron chi connectivity index (χ3n) is 6.02. The van der Waals surface area contributed by atoms with E-state index in [4.69, 9.17) is 21.1 Å². The average Bonchev–Trinajstić information content (AvgIpc) is 3.32. The van der Waals surface area contributed by atoms with Crippen molar-refractivity contribution >= 4 is 23.4 Å². The van der Waals surface area contributed by atoms with Crippen LogP contribution in [0.2, 0.25) is 5.02 Å². The van der Waals surface area contributed by atoms with Crippen molar-refractivity contribution in [2.24, 2.45) is 5.92 Å². The third-order valence-corrected chi connectivity index (χ3v) is 6.25. The number of halogens is 1. The average molecular weight is 480 g/mol. The third kappa shape index (κ3) is 4.99. The molecule has 2 heterocycles. The van der Waals surface area contributed by atoms with Gasteiger partial charge in [-0.05, 0) is 36.4 Å². The monoisotopic (exact) mass is 479 g/mol. The van der Waals surface area contributed by atoms with Crippen molar-refractivity contribution in [1.82, 2.24) is 15.2 Å². The normalized spacial score (nSPS) is 17.3. The minimum Gasteiger partial charge on any atom is -0.493 e. The molecular weight excluding hydrogens is 454 g/mol. The maximum atomic E-state index is 13.3. The number of amides is 2. The molecule has 2 atom stereocenters. The highest BCUT2D eigenvalue weighted by molar-refractivity contribution is 6.30. The second kappa shape index (κ2) is 10.6. The molecule has 1 aliphatic heterocycles. The lowest BCUT2D eigenvalue weighted by atomic mass is 9.87. The fraction of sp³-hybridized carbons (Fsp3) is 0.269. The molecule has 2 unspecified atom stereocenters. The van der Waals surface area contributed by atoms with E-state index in [0.29, 0.717) is 35.2 Å². The summed E-state index contributed by atoms with van der Waals surface area (Å²) in [5.41, 5.74) is 2.07.